The van der Waals surface area contributed by atoms with Gasteiger partial charge in [0.25, 0.3) is 0 Å². The van der Waals surface area contributed by atoms with Gasteiger partial charge in [-0.05, 0) is 31.0 Å². The molecule has 1 atom stereocenters. The Morgan fingerprint density at radius 2 is 1.95 bits per heavy atom. The number of rotatable bonds is 5. The third kappa shape index (κ3) is 4.92. The van der Waals surface area contributed by atoms with Gasteiger partial charge in [0.2, 0.25) is 0 Å². The van der Waals surface area contributed by atoms with Gasteiger partial charge in [0.1, 0.15) is 6.10 Å². The molecule has 1 rings (SSSR count). The van der Waals surface area contributed by atoms with Gasteiger partial charge in [-0.3, -0.25) is 4.79 Å². The summed E-state index contributed by atoms with van der Waals surface area (Å²) in [5.41, 5.74) is -0.250. The Bertz CT molecular complexity index is 489. The van der Waals surface area contributed by atoms with Crippen molar-refractivity contribution in [1.29, 1.82) is 5.26 Å². The zero-order valence-electron chi connectivity index (χ0n) is 10.9. The van der Waals surface area contributed by atoms with Gasteiger partial charge >= 0.3 is 12.1 Å². The normalized spacial score (nSPS) is 12.6. The molecule has 0 saturated heterocycles. The fourth-order valence-corrected chi connectivity index (χ4v) is 1.58. The summed E-state index contributed by atoms with van der Waals surface area (Å²) in [6.45, 7) is 1.59. The van der Waals surface area contributed by atoms with Gasteiger partial charge in [0.05, 0.1) is 11.6 Å². The fourth-order valence-electron chi connectivity index (χ4n) is 1.58. The Kier molecular flexibility index (Phi) is 5.56. The van der Waals surface area contributed by atoms with E-state index < -0.39 is 23.8 Å². The van der Waals surface area contributed by atoms with E-state index in [9.17, 15) is 18.0 Å². The Balaban J connectivity index is 2.58. The van der Waals surface area contributed by atoms with Gasteiger partial charge < -0.3 is 4.74 Å². The third-order valence-electron chi connectivity index (χ3n) is 2.69. The van der Waals surface area contributed by atoms with Gasteiger partial charge in [-0.2, -0.15) is 18.4 Å². The van der Waals surface area contributed by atoms with Crippen LogP contribution in [0, 0.1) is 11.3 Å². The summed E-state index contributed by atoms with van der Waals surface area (Å²) >= 11 is 0. The third-order valence-corrected chi connectivity index (χ3v) is 2.69. The second-order valence-electron chi connectivity index (χ2n) is 4.26. The molecular weight excluding hydrogens is 271 g/mol. The number of ether oxygens (including phenoxy) is 1. The lowest BCUT2D eigenvalue weighted by atomic mass is 10.1. The standard InChI is InChI=1S/C14H14F3NO2/c1-10(20-13(19)4-2-3-9-18)11-5-7-12(8-6-11)14(15,16)17/h5-8,10H,2-4H2,1H3/t10-/m1/s1. The van der Waals surface area contributed by atoms with Crippen LogP contribution in [0.2, 0.25) is 0 Å². The number of benzene rings is 1. The number of nitrogens with zero attached hydrogens (tertiary/aromatic N) is 1. The number of hydrogen-bond acceptors (Lipinski definition) is 3. The number of hydrogen-bond donors (Lipinski definition) is 0. The molecule has 0 fully saturated rings. The molecule has 0 aliphatic rings. The minimum atomic E-state index is -4.38. The van der Waals surface area contributed by atoms with Gasteiger partial charge in [-0.15, -0.1) is 0 Å². The Hall–Kier alpha value is -2.03. The molecule has 3 nitrogen and oxygen atoms in total. The van der Waals surface area contributed by atoms with Crippen LogP contribution in [-0.4, -0.2) is 5.97 Å². The van der Waals surface area contributed by atoms with E-state index in [-0.39, 0.29) is 12.8 Å². The van der Waals surface area contributed by atoms with Crippen LogP contribution in [0.4, 0.5) is 13.2 Å². The first-order chi connectivity index (χ1) is 9.34. The smallest absolute Gasteiger partial charge is 0.416 e. The highest BCUT2D eigenvalue weighted by molar-refractivity contribution is 5.69. The first kappa shape index (κ1) is 16.0. The minimum absolute atomic E-state index is 0.124. The number of unbranched alkanes of at least 4 members (excludes halogenated alkanes) is 1. The molecule has 0 aliphatic heterocycles. The van der Waals surface area contributed by atoms with E-state index in [0.29, 0.717) is 12.0 Å². The zero-order chi connectivity index (χ0) is 15.2. The van der Waals surface area contributed by atoms with Crippen LogP contribution < -0.4 is 0 Å². The average molecular weight is 285 g/mol. The maximum atomic E-state index is 12.4. The van der Waals surface area contributed by atoms with E-state index in [1.54, 1.807) is 6.92 Å². The Labute approximate surface area is 115 Å². The average Bonchev–Trinajstić information content (AvgIpc) is 2.38. The number of halogens is 3. The molecule has 1 aromatic rings. The van der Waals surface area contributed by atoms with Crippen LogP contribution >= 0.6 is 0 Å². The maximum absolute atomic E-state index is 12.4. The quantitative estimate of drug-likeness (QED) is 0.607. The predicted molar refractivity (Wildman–Crippen MR) is 65.4 cm³/mol. The van der Waals surface area contributed by atoms with Crippen molar-refractivity contribution in [2.24, 2.45) is 0 Å². The summed E-state index contributed by atoms with van der Waals surface area (Å²) in [5, 5.41) is 8.34. The van der Waals surface area contributed by atoms with Gasteiger partial charge in [0, 0.05) is 12.8 Å². The largest absolute Gasteiger partial charge is 0.458 e. The highest BCUT2D eigenvalue weighted by atomic mass is 19.4. The maximum Gasteiger partial charge on any atom is 0.416 e. The van der Waals surface area contributed by atoms with E-state index in [1.165, 1.54) is 12.1 Å². The minimum Gasteiger partial charge on any atom is -0.458 e. The van der Waals surface area contributed by atoms with Gasteiger partial charge in [-0.1, -0.05) is 12.1 Å². The summed E-state index contributed by atoms with van der Waals surface area (Å²) in [6.07, 6.45) is -4.19. The highest BCUT2D eigenvalue weighted by Gasteiger charge is 2.30. The zero-order valence-corrected chi connectivity index (χ0v) is 10.9. The molecule has 0 radical (unpaired) electrons. The van der Waals surface area contributed by atoms with Crippen LogP contribution in [0.5, 0.6) is 0 Å². The number of alkyl halides is 3. The molecule has 0 aromatic heterocycles. The molecule has 108 valence electrons. The lowest BCUT2D eigenvalue weighted by molar-refractivity contribution is -0.148. The highest BCUT2D eigenvalue weighted by Crippen LogP contribution is 2.30. The van der Waals surface area contributed by atoms with Crippen LogP contribution in [-0.2, 0) is 15.7 Å². The van der Waals surface area contributed by atoms with Crippen molar-refractivity contribution < 1.29 is 22.7 Å². The number of nitriles is 1. The van der Waals surface area contributed by atoms with E-state index >= 15 is 0 Å². The molecule has 0 unspecified atom stereocenters. The second kappa shape index (κ2) is 6.94. The fraction of sp³-hybridized carbons (Fsp3) is 0.429. The predicted octanol–water partition coefficient (Wildman–Crippen LogP) is 4.00. The van der Waals surface area contributed by atoms with Crippen molar-refractivity contribution in [3.8, 4) is 6.07 Å². The van der Waals surface area contributed by atoms with Crippen LogP contribution in [0.25, 0.3) is 0 Å². The monoisotopic (exact) mass is 285 g/mol. The van der Waals surface area contributed by atoms with Crippen molar-refractivity contribution >= 4 is 5.97 Å². The van der Waals surface area contributed by atoms with Crippen LogP contribution in [0.1, 0.15) is 43.4 Å². The molecule has 0 saturated carbocycles. The molecule has 1 aromatic carbocycles. The Morgan fingerprint density at radius 3 is 2.45 bits per heavy atom. The molecule has 0 N–H and O–H groups in total. The number of esters is 1. The molecule has 0 heterocycles. The molecule has 0 aliphatic carbocycles. The SMILES string of the molecule is C[C@@H](OC(=O)CCCC#N)c1ccc(C(F)(F)F)cc1. The first-order valence-corrected chi connectivity index (χ1v) is 6.08. The molecule has 0 bridgehead atoms. The molecule has 6 heteroatoms. The van der Waals surface area contributed by atoms with Crippen molar-refractivity contribution in [1.82, 2.24) is 0 Å². The summed E-state index contributed by atoms with van der Waals surface area (Å²) in [5.74, 6) is -0.465. The van der Waals surface area contributed by atoms with Gasteiger partial charge in [-0.25, -0.2) is 0 Å². The van der Waals surface area contributed by atoms with E-state index in [2.05, 4.69) is 0 Å². The second-order valence-corrected chi connectivity index (χ2v) is 4.26. The number of carbonyl (C=O) groups excluding carboxylic acids is 1. The van der Waals surface area contributed by atoms with Crippen LogP contribution in [0.3, 0.4) is 0 Å². The lowest BCUT2D eigenvalue weighted by Crippen LogP contribution is -2.09. The van der Waals surface area contributed by atoms with E-state index in [0.717, 1.165) is 12.1 Å². The first-order valence-electron chi connectivity index (χ1n) is 6.08. The van der Waals surface area contributed by atoms with Gasteiger partial charge in [0.15, 0.2) is 0 Å². The van der Waals surface area contributed by atoms with Crippen molar-refractivity contribution in [3.63, 3.8) is 0 Å². The summed E-state index contributed by atoms with van der Waals surface area (Å²) < 4.78 is 42.3. The summed E-state index contributed by atoms with van der Waals surface area (Å²) in [4.78, 5) is 11.4. The van der Waals surface area contributed by atoms with E-state index in [1.807, 2.05) is 6.07 Å². The lowest BCUT2D eigenvalue weighted by Gasteiger charge is -2.14. The number of carbonyl (C=O) groups is 1. The topological polar surface area (TPSA) is 50.1 Å². The van der Waals surface area contributed by atoms with Crippen molar-refractivity contribution in [2.75, 3.05) is 0 Å². The molecule has 0 amide bonds. The Morgan fingerprint density at radius 1 is 1.35 bits per heavy atom. The molecule has 0 spiro atoms. The van der Waals surface area contributed by atoms with Crippen molar-refractivity contribution in [2.45, 2.75) is 38.5 Å². The van der Waals surface area contributed by atoms with E-state index in [4.69, 9.17) is 10.00 Å². The summed E-state index contributed by atoms with van der Waals surface area (Å²) in [6, 6.07) is 6.40. The van der Waals surface area contributed by atoms with Crippen molar-refractivity contribution in [3.05, 3.63) is 35.4 Å². The molecule has 20 heavy (non-hydrogen) atoms. The van der Waals surface area contributed by atoms with Crippen LogP contribution in [0.15, 0.2) is 24.3 Å². The summed E-state index contributed by atoms with van der Waals surface area (Å²) in [7, 11) is 0. The molecular formula is C14H14F3NO2.